The molecule has 0 bridgehead atoms. The van der Waals surface area contributed by atoms with Gasteiger partial charge in [-0.1, -0.05) is 36.4 Å². The molecule has 2 aromatic carbocycles. The summed E-state index contributed by atoms with van der Waals surface area (Å²) in [7, 11) is 1.59. The summed E-state index contributed by atoms with van der Waals surface area (Å²) in [4.78, 5) is 39.1. The van der Waals surface area contributed by atoms with Crippen molar-refractivity contribution in [1.82, 2.24) is 9.13 Å². The zero-order valence-corrected chi connectivity index (χ0v) is 21.1. The Kier molecular flexibility index (Phi) is 7.33. The number of hydrogen-bond donors (Lipinski definition) is 0. The van der Waals surface area contributed by atoms with Gasteiger partial charge in [0.25, 0.3) is 5.56 Å². The third kappa shape index (κ3) is 5.15. The summed E-state index contributed by atoms with van der Waals surface area (Å²) < 4.78 is 14.6. The predicted octanol–water partition coefficient (Wildman–Crippen LogP) is 4.66. The highest BCUT2D eigenvalue weighted by atomic mass is 79.9. The van der Waals surface area contributed by atoms with Gasteiger partial charge in [0.1, 0.15) is 22.1 Å². The van der Waals surface area contributed by atoms with Crippen molar-refractivity contribution in [3.8, 4) is 5.75 Å². The van der Waals surface area contributed by atoms with Crippen LogP contribution in [0.4, 0.5) is 0 Å². The number of esters is 1. The van der Waals surface area contributed by atoms with Crippen molar-refractivity contribution in [2.45, 2.75) is 26.5 Å². The molecule has 2 heterocycles. The number of carbonyl (C=O) groups is 1. The van der Waals surface area contributed by atoms with Crippen molar-refractivity contribution in [3.05, 3.63) is 95.9 Å². The zero-order chi connectivity index (χ0) is 24.2. The van der Waals surface area contributed by atoms with Gasteiger partial charge < -0.3 is 9.47 Å². The molecule has 2 aromatic heterocycles. The lowest BCUT2D eigenvalue weighted by Gasteiger charge is -2.10. The monoisotopic (exact) mass is 542 g/mol. The molecule has 0 spiro atoms. The van der Waals surface area contributed by atoms with E-state index in [0.29, 0.717) is 29.0 Å². The molecular weight excluding hydrogens is 520 g/mol. The molecular formula is C25H23BrN2O5S. The molecule has 0 N–H and O–H groups in total. The smallest absolute Gasteiger partial charge is 0.348 e. The average molecular weight is 543 g/mol. The number of carbonyl (C=O) groups excluding carboxylic acids is 1. The number of ether oxygens (including phenoxy) is 2. The fourth-order valence-electron chi connectivity index (χ4n) is 3.50. The first-order valence-corrected chi connectivity index (χ1v) is 12.3. The van der Waals surface area contributed by atoms with E-state index in [1.807, 2.05) is 55.5 Å². The number of thiophene rings is 1. The van der Waals surface area contributed by atoms with E-state index >= 15 is 0 Å². The van der Waals surface area contributed by atoms with E-state index in [9.17, 15) is 14.4 Å². The largest absolute Gasteiger partial charge is 0.492 e. The van der Waals surface area contributed by atoms with E-state index in [2.05, 4.69) is 15.9 Å². The Bertz CT molecular complexity index is 1460. The van der Waals surface area contributed by atoms with Crippen molar-refractivity contribution in [1.29, 1.82) is 0 Å². The van der Waals surface area contributed by atoms with Crippen LogP contribution in [0, 0.1) is 6.92 Å². The molecule has 0 aliphatic heterocycles. The number of nitrogens with zero attached hydrogens (tertiary/aromatic N) is 2. The molecule has 34 heavy (non-hydrogen) atoms. The molecule has 0 radical (unpaired) electrons. The summed E-state index contributed by atoms with van der Waals surface area (Å²) >= 11 is 4.55. The van der Waals surface area contributed by atoms with Crippen LogP contribution in [0.1, 0.15) is 27.2 Å². The normalized spacial score (nSPS) is 11.0. The van der Waals surface area contributed by atoms with Gasteiger partial charge in [0.05, 0.1) is 16.5 Å². The number of rotatable bonds is 8. The average Bonchev–Trinajstić information content (AvgIpc) is 3.28. The Morgan fingerprint density at radius 2 is 1.85 bits per heavy atom. The lowest BCUT2D eigenvalue weighted by molar-refractivity contribution is 0.0478. The quantitative estimate of drug-likeness (QED) is 0.239. The summed E-state index contributed by atoms with van der Waals surface area (Å²) in [5.74, 6) is 0.179. The number of aryl methyl sites for hydroxylation is 2. The van der Waals surface area contributed by atoms with E-state index in [1.165, 1.54) is 15.2 Å². The topological polar surface area (TPSA) is 79.5 Å². The van der Waals surface area contributed by atoms with Crippen molar-refractivity contribution >= 4 is 43.5 Å². The summed E-state index contributed by atoms with van der Waals surface area (Å²) in [5.41, 5.74) is 1.13. The third-order valence-corrected chi connectivity index (χ3v) is 7.11. The predicted molar refractivity (Wildman–Crippen MR) is 136 cm³/mol. The molecule has 0 fully saturated rings. The molecule has 4 aromatic rings. The van der Waals surface area contributed by atoms with Gasteiger partial charge in [-0.15, -0.1) is 11.3 Å². The Hall–Kier alpha value is -3.17. The van der Waals surface area contributed by atoms with E-state index in [1.54, 1.807) is 7.05 Å². The van der Waals surface area contributed by atoms with Crippen LogP contribution in [0.25, 0.3) is 10.2 Å². The number of hydrogen-bond acceptors (Lipinski definition) is 6. The SMILES string of the molecule is Cc1ccc(OCCCn2c(=O)c3cc(C(=O)OCc4ccccc4)sc3n(C)c2=O)c(Br)c1. The van der Waals surface area contributed by atoms with E-state index in [0.717, 1.165) is 26.9 Å². The van der Waals surface area contributed by atoms with Crippen LogP contribution >= 0.6 is 27.3 Å². The molecule has 0 saturated heterocycles. The maximum absolute atomic E-state index is 13.0. The lowest BCUT2D eigenvalue weighted by atomic mass is 10.2. The Morgan fingerprint density at radius 1 is 1.09 bits per heavy atom. The highest BCUT2D eigenvalue weighted by Gasteiger charge is 2.18. The van der Waals surface area contributed by atoms with Crippen LogP contribution in [-0.2, 0) is 24.9 Å². The summed E-state index contributed by atoms with van der Waals surface area (Å²) in [5, 5.41) is 0.320. The summed E-state index contributed by atoms with van der Waals surface area (Å²) in [6.07, 6.45) is 0.469. The second-order valence-electron chi connectivity index (χ2n) is 7.83. The van der Waals surface area contributed by atoms with E-state index < -0.39 is 17.2 Å². The first kappa shape index (κ1) is 24.0. The van der Waals surface area contributed by atoms with Gasteiger partial charge >= 0.3 is 11.7 Å². The fraction of sp³-hybridized carbons (Fsp3) is 0.240. The van der Waals surface area contributed by atoms with Crippen molar-refractivity contribution < 1.29 is 14.3 Å². The maximum atomic E-state index is 13.0. The van der Waals surface area contributed by atoms with Gasteiger partial charge in [-0.05, 0) is 58.6 Å². The van der Waals surface area contributed by atoms with E-state index in [-0.39, 0.29) is 18.0 Å². The third-order valence-electron chi connectivity index (χ3n) is 5.30. The minimum atomic E-state index is -0.527. The van der Waals surface area contributed by atoms with Gasteiger partial charge in [0.2, 0.25) is 0 Å². The van der Waals surface area contributed by atoms with Crippen LogP contribution in [0.3, 0.4) is 0 Å². The van der Waals surface area contributed by atoms with E-state index in [4.69, 9.17) is 9.47 Å². The molecule has 4 rings (SSSR count). The fourth-order valence-corrected chi connectivity index (χ4v) is 5.11. The van der Waals surface area contributed by atoms with Crippen LogP contribution in [-0.4, -0.2) is 21.7 Å². The van der Waals surface area contributed by atoms with Gasteiger partial charge in [0.15, 0.2) is 0 Å². The number of halogens is 1. The Morgan fingerprint density at radius 3 is 2.59 bits per heavy atom. The van der Waals surface area contributed by atoms with Gasteiger partial charge in [-0.2, -0.15) is 0 Å². The van der Waals surface area contributed by atoms with Crippen LogP contribution < -0.4 is 16.0 Å². The molecule has 0 amide bonds. The maximum Gasteiger partial charge on any atom is 0.348 e. The minimum absolute atomic E-state index is 0.133. The molecule has 9 heteroatoms. The van der Waals surface area contributed by atoms with Crippen molar-refractivity contribution in [2.75, 3.05) is 6.61 Å². The lowest BCUT2D eigenvalue weighted by Crippen LogP contribution is -2.38. The Balaban J connectivity index is 1.48. The molecule has 0 atom stereocenters. The molecule has 0 saturated carbocycles. The molecule has 0 aliphatic carbocycles. The minimum Gasteiger partial charge on any atom is -0.492 e. The van der Waals surface area contributed by atoms with Gasteiger partial charge in [-0.3, -0.25) is 13.9 Å². The summed E-state index contributed by atoms with van der Waals surface area (Å²) in [6.45, 7) is 2.67. The first-order valence-electron chi connectivity index (χ1n) is 10.7. The van der Waals surface area contributed by atoms with Crippen molar-refractivity contribution in [2.24, 2.45) is 7.05 Å². The zero-order valence-electron chi connectivity index (χ0n) is 18.7. The van der Waals surface area contributed by atoms with Gasteiger partial charge in [0, 0.05) is 13.6 Å². The number of fused-ring (bicyclic) bond motifs is 1. The number of aromatic nitrogens is 2. The van der Waals surface area contributed by atoms with Crippen molar-refractivity contribution in [3.63, 3.8) is 0 Å². The molecule has 0 aliphatic rings. The standard InChI is InChI=1S/C25H23BrN2O5S/c1-16-9-10-20(19(26)13-16)32-12-6-11-28-22(29)18-14-21(34-23(18)27(2)25(28)31)24(30)33-15-17-7-4-3-5-8-17/h3-5,7-10,13-14H,6,11-12,15H2,1-2H3. The first-order chi connectivity index (χ1) is 16.3. The Labute approximate surface area is 208 Å². The second-order valence-corrected chi connectivity index (χ2v) is 9.71. The van der Waals surface area contributed by atoms with Gasteiger partial charge in [-0.25, -0.2) is 9.59 Å². The van der Waals surface area contributed by atoms with Crippen LogP contribution in [0.2, 0.25) is 0 Å². The summed E-state index contributed by atoms with van der Waals surface area (Å²) in [6, 6.07) is 16.6. The second kappa shape index (κ2) is 10.4. The highest BCUT2D eigenvalue weighted by molar-refractivity contribution is 9.10. The highest BCUT2D eigenvalue weighted by Crippen LogP contribution is 2.26. The molecule has 0 unspecified atom stereocenters. The molecule has 7 nitrogen and oxygen atoms in total. The number of benzene rings is 2. The van der Waals surface area contributed by atoms with Crippen LogP contribution in [0.5, 0.6) is 5.75 Å². The molecule has 176 valence electrons. The van der Waals surface area contributed by atoms with Crippen LogP contribution in [0.15, 0.2) is 68.7 Å².